The van der Waals surface area contributed by atoms with Gasteiger partial charge in [0.25, 0.3) is 5.91 Å². The quantitative estimate of drug-likeness (QED) is 0.856. The zero-order chi connectivity index (χ0) is 14.0. The Kier molecular flexibility index (Phi) is 4.25. The molecule has 96 valence electrons. The molecular formula is C13H8BrClN2OS. The van der Waals surface area contributed by atoms with E-state index in [0.29, 0.717) is 21.2 Å². The largest absolute Gasteiger partial charge is 0.320 e. The highest BCUT2D eigenvalue weighted by molar-refractivity contribution is 9.10. The van der Waals surface area contributed by atoms with Crippen LogP contribution in [0.4, 0.5) is 5.69 Å². The summed E-state index contributed by atoms with van der Waals surface area (Å²) in [6.07, 6.45) is 0. The fourth-order valence-corrected chi connectivity index (χ4v) is 3.01. The first-order chi connectivity index (χ1) is 9.02. The van der Waals surface area contributed by atoms with E-state index in [1.807, 2.05) is 18.4 Å². The van der Waals surface area contributed by atoms with Gasteiger partial charge in [-0.15, -0.1) is 11.3 Å². The predicted molar refractivity (Wildman–Crippen MR) is 80.9 cm³/mol. The summed E-state index contributed by atoms with van der Waals surface area (Å²) in [7, 11) is 0. The minimum atomic E-state index is -0.308. The van der Waals surface area contributed by atoms with Crippen molar-refractivity contribution in [3.63, 3.8) is 0 Å². The Hall–Kier alpha value is -1.35. The van der Waals surface area contributed by atoms with Crippen LogP contribution in [-0.2, 0) is 0 Å². The number of rotatable bonds is 2. The standard InChI is InChI=1S/C13H8BrClN2OS/c1-7-6-19-12(11(7)15)13(18)17-10-4-9(14)3-2-8(10)5-16/h2-4,6H,1H3,(H,17,18). The van der Waals surface area contributed by atoms with Gasteiger partial charge >= 0.3 is 0 Å². The topological polar surface area (TPSA) is 52.9 Å². The Labute approximate surface area is 127 Å². The maximum atomic E-state index is 12.1. The monoisotopic (exact) mass is 354 g/mol. The lowest BCUT2D eigenvalue weighted by molar-refractivity contribution is 0.103. The second-order valence-electron chi connectivity index (χ2n) is 3.82. The van der Waals surface area contributed by atoms with Gasteiger partial charge in [0, 0.05) is 4.47 Å². The van der Waals surface area contributed by atoms with Crippen molar-refractivity contribution in [2.45, 2.75) is 6.92 Å². The molecule has 0 aliphatic carbocycles. The minimum Gasteiger partial charge on any atom is -0.320 e. The maximum absolute atomic E-state index is 12.1. The first-order valence-corrected chi connectivity index (χ1v) is 7.32. The lowest BCUT2D eigenvalue weighted by Gasteiger charge is -2.06. The van der Waals surface area contributed by atoms with Gasteiger partial charge in [-0.2, -0.15) is 5.26 Å². The second-order valence-corrected chi connectivity index (χ2v) is 5.99. The lowest BCUT2D eigenvalue weighted by atomic mass is 10.2. The van der Waals surface area contributed by atoms with Crippen LogP contribution in [-0.4, -0.2) is 5.91 Å². The number of amides is 1. The molecule has 2 rings (SSSR count). The van der Waals surface area contributed by atoms with Gasteiger partial charge in [-0.1, -0.05) is 27.5 Å². The molecule has 0 spiro atoms. The highest BCUT2D eigenvalue weighted by Gasteiger charge is 2.16. The van der Waals surface area contributed by atoms with Crippen LogP contribution in [0.1, 0.15) is 20.8 Å². The van der Waals surface area contributed by atoms with Crippen LogP contribution in [0.2, 0.25) is 5.02 Å². The van der Waals surface area contributed by atoms with Crippen molar-refractivity contribution in [3.05, 3.63) is 49.1 Å². The molecule has 19 heavy (non-hydrogen) atoms. The smallest absolute Gasteiger partial charge is 0.267 e. The molecule has 1 heterocycles. The minimum absolute atomic E-state index is 0.308. The van der Waals surface area contributed by atoms with Crippen molar-refractivity contribution < 1.29 is 4.79 Å². The highest BCUT2D eigenvalue weighted by atomic mass is 79.9. The third kappa shape index (κ3) is 2.98. The van der Waals surface area contributed by atoms with Crippen LogP contribution >= 0.6 is 38.9 Å². The number of nitrogens with one attached hydrogen (secondary N) is 1. The average molecular weight is 356 g/mol. The third-order valence-electron chi connectivity index (χ3n) is 2.46. The van der Waals surface area contributed by atoms with Crippen LogP contribution in [0.15, 0.2) is 28.1 Å². The Morgan fingerprint density at radius 3 is 2.84 bits per heavy atom. The lowest BCUT2D eigenvalue weighted by Crippen LogP contribution is -2.11. The number of carbonyl (C=O) groups is 1. The van der Waals surface area contributed by atoms with Gasteiger partial charge in [0.05, 0.1) is 16.3 Å². The van der Waals surface area contributed by atoms with Gasteiger partial charge in [0.15, 0.2) is 0 Å². The highest BCUT2D eigenvalue weighted by Crippen LogP contribution is 2.29. The maximum Gasteiger partial charge on any atom is 0.267 e. The molecule has 0 aliphatic heterocycles. The Morgan fingerprint density at radius 2 is 2.26 bits per heavy atom. The summed E-state index contributed by atoms with van der Waals surface area (Å²) >= 11 is 10.6. The number of carbonyl (C=O) groups excluding carboxylic acids is 1. The fourth-order valence-electron chi connectivity index (χ4n) is 1.48. The molecule has 6 heteroatoms. The van der Waals surface area contributed by atoms with E-state index in [2.05, 4.69) is 21.2 Å². The van der Waals surface area contributed by atoms with E-state index in [0.717, 1.165) is 10.0 Å². The van der Waals surface area contributed by atoms with E-state index in [1.54, 1.807) is 18.2 Å². The first kappa shape index (κ1) is 14.1. The van der Waals surface area contributed by atoms with E-state index in [-0.39, 0.29) is 5.91 Å². The van der Waals surface area contributed by atoms with E-state index in [1.165, 1.54) is 11.3 Å². The summed E-state index contributed by atoms with van der Waals surface area (Å²) in [5.41, 5.74) is 1.73. The molecule has 1 N–H and O–H groups in total. The Morgan fingerprint density at radius 1 is 1.53 bits per heavy atom. The molecule has 1 aromatic carbocycles. The van der Waals surface area contributed by atoms with Crippen molar-refractivity contribution in [2.24, 2.45) is 0 Å². The molecule has 0 atom stereocenters. The summed E-state index contributed by atoms with van der Waals surface area (Å²) in [6, 6.07) is 7.11. The van der Waals surface area contributed by atoms with Gasteiger partial charge in [0.2, 0.25) is 0 Å². The van der Waals surface area contributed by atoms with Crippen molar-refractivity contribution in [2.75, 3.05) is 5.32 Å². The molecule has 0 unspecified atom stereocenters. The summed E-state index contributed by atoms with van der Waals surface area (Å²) in [5, 5.41) is 14.0. The second kappa shape index (κ2) is 5.74. The molecule has 1 amide bonds. The number of thiophene rings is 1. The van der Waals surface area contributed by atoms with Gasteiger partial charge < -0.3 is 5.32 Å². The molecule has 0 saturated heterocycles. The third-order valence-corrected chi connectivity index (χ3v) is 4.64. The Bertz CT molecular complexity index is 690. The molecular weight excluding hydrogens is 348 g/mol. The van der Waals surface area contributed by atoms with Gasteiger partial charge in [-0.3, -0.25) is 4.79 Å². The normalized spacial score (nSPS) is 10.0. The molecule has 2 aromatic rings. The van der Waals surface area contributed by atoms with Crippen LogP contribution in [0.3, 0.4) is 0 Å². The van der Waals surface area contributed by atoms with Crippen LogP contribution in [0.5, 0.6) is 0 Å². The molecule has 1 aromatic heterocycles. The SMILES string of the molecule is Cc1csc(C(=O)Nc2cc(Br)ccc2C#N)c1Cl. The predicted octanol–water partition coefficient (Wildman–Crippen LogP) is 4.60. The molecule has 0 aliphatic rings. The van der Waals surface area contributed by atoms with Gasteiger partial charge in [0.1, 0.15) is 10.9 Å². The molecule has 0 radical (unpaired) electrons. The number of nitriles is 1. The summed E-state index contributed by atoms with van der Waals surface area (Å²) in [5.74, 6) is -0.308. The number of aryl methyl sites for hydroxylation is 1. The first-order valence-electron chi connectivity index (χ1n) is 5.27. The zero-order valence-corrected chi connectivity index (χ0v) is 13.0. The molecule has 3 nitrogen and oxygen atoms in total. The summed E-state index contributed by atoms with van der Waals surface area (Å²) < 4.78 is 0.787. The van der Waals surface area contributed by atoms with E-state index in [9.17, 15) is 4.79 Å². The van der Waals surface area contributed by atoms with E-state index in [4.69, 9.17) is 16.9 Å². The number of halogens is 2. The number of nitrogens with zero attached hydrogens (tertiary/aromatic N) is 1. The number of hydrogen-bond acceptors (Lipinski definition) is 3. The fraction of sp³-hybridized carbons (Fsp3) is 0.0769. The molecule has 0 fully saturated rings. The van der Waals surface area contributed by atoms with Gasteiger partial charge in [-0.05, 0) is 36.1 Å². The van der Waals surface area contributed by atoms with Crippen molar-refractivity contribution in [1.29, 1.82) is 5.26 Å². The van der Waals surface area contributed by atoms with Gasteiger partial charge in [-0.25, -0.2) is 0 Å². The summed E-state index contributed by atoms with van der Waals surface area (Å²) in [6.45, 7) is 1.84. The van der Waals surface area contributed by atoms with Crippen LogP contribution < -0.4 is 5.32 Å². The molecule has 0 bridgehead atoms. The van der Waals surface area contributed by atoms with Crippen molar-refractivity contribution in [1.82, 2.24) is 0 Å². The molecule has 0 saturated carbocycles. The zero-order valence-electron chi connectivity index (χ0n) is 9.83. The van der Waals surface area contributed by atoms with Crippen molar-refractivity contribution >= 4 is 50.5 Å². The number of hydrogen-bond donors (Lipinski definition) is 1. The van der Waals surface area contributed by atoms with Crippen molar-refractivity contribution in [3.8, 4) is 6.07 Å². The number of anilines is 1. The summed E-state index contributed by atoms with van der Waals surface area (Å²) in [4.78, 5) is 12.6. The van der Waals surface area contributed by atoms with Crippen LogP contribution in [0, 0.1) is 18.3 Å². The number of benzene rings is 1. The average Bonchev–Trinajstić information content (AvgIpc) is 2.70. The Balaban J connectivity index is 2.32. The van der Waals surface area contributed by atoms with Crippen LogP contribution in [0.25, 0.3) is 0 Å². The van der Waals surface area contributed by atoms with E-state index < -0.39 is 0 Å². The van der Waals surface area contributed by atoms with E-state index >= 15 is 0 Å².